The largest absolute Gasteiger partial charge is 0.311 e. The van der Waals surface area contributed by atoms with Crippen molar-refractivity contribution in [3.05, 3.63) is 329 Å². The van der Waals surface area contributed by atoms with Gasteiger partial charge in [-0.1, -0.05) is 273 Å². The van der Waals surface area contributed by atoms with E-state index in [1.165, 1.54) is 33.4 Å². The van der Waals surface area contributed by atoms with E-state index in [0.717, 1.165) is 50.4 Å². The first-order valence-electron chi connectivity index (χ1n) is 22.8. The van der Waals surface area contributed by atoms with Crippen molar-refractivity contribution in [3.8, 4) is 0 Å². The number of benzene rings is 9. The van der Waals surface area contributed by atoms with Gasteiger partial charge in [0.15, 0.2) is 0 Å². The van der Waals surface area contributed by atoms with Crippen LogP contribution in [-0.2, 0) is 0 Å². The predicted octanol–water partition coefficient (Wildman–Crippen LogP) is 17.8. The van der Waals surface area contributed by atoms with Crippen molar-refractivity contribution in [3.63, 3.8) is 0 Å². The molecule has 0 spiro atoms. The van der Waals surface area contributed by atoms with E-state index in [-0.39, 0.29) is 0 Å². The Labute approximate surface area is 396 Å². The lowest BCUT2D eigenvalue weighted by molar-refractivity contribution is 1.28. The fourth-order valence-electron chi connectivity index (χ4n) is 8.01. The standard InChI is InChI=1S/C66H51N/c1-6-20-58(21-7-1)65(59-22-8-2-9-23-59)30-16-18-52-32-36-54(37-33-52)40-42-56-44-48-63(49-45-56)67(62-28-14-5-15-29-62)64-50-46-57(47-51-64)43-41-55-38-34-53(35-39-55)19-17-31-66(60-24-10-3-11-25-60)61-26-12-4-13-27-61/h1-51H. The molecule has 0 fully saturated rings. The van der Waals surface area contributed by atoms with Crippen LogP contribution in [0.15, 0.2) is 273 Å². The van der Waals surface area contributed by atoms with Gasteiger partial charge >= 0.3 is 0 Å². The summed E-state index contributed by atoms with van der Waals surface area (Å²) in [5.41, 5.74) is 17.4. The van der Waals surface area contributed by atoms with Crippen LogP contribution >= 0.6 is 0 Å². The van der Waals surface area contributed by atoms with Crippen molar-refractivity contribution in [1.29, 1.82) is 0 Å². The Bertz CT molecular complexity index is 2840. The number of hydrogen-bond acceptors (Lipinski definition) is 1. The van der Waals surface area contributed by atoms with E-state index in [4.69, 9.17) is 0 Å². The molecule has 0 aliphatic rings. The van der Waals surface area contributed by atoms with Gasteiger partial charge in [-0.05, 0) is 103 Å². The molecule has 0 aliphatic carbocycles. The molecule has 0 amide bonds. The van der Waals surface area contributed by atoms with Gasteiger partial charge in [0.05, 0.1) is 0 Å². The Morgan fingerprint density at radius 3 is 0.731 bits per heavy atom. The van der Waals surface area contributed by atoms with Crippen LogP contribution in [0.1, 0.15) is 55.6 Å². The first-order valence-corrected chi connectivity index (χ1v) is 22.8. The van der Waals surface area contributed by atoms with Gasteiger partial charge in [0, 0.05) is 17.1 Å². The van der Waals surface area contributed by atoms with E-state index in [2.05, 4.69) is 314 Å². The maximum absolute atomic E-state index is 2.30. The van der Waals surface area contributed by atoms with Crippen LogP contribution in [0.25, 0.3) is 47.6 Å². The van der Waals surface area contributed by atoms with Crippen LogP contribution in [0, 0.1) is 0 Å². The van der Waals surface area contributed by atoms with Crippen molar-refractivity contribution >= 4 is 64.7 Å². The third-order valence-corrected chi connectivity index (χ3v) is 11.6. The first-order chi connectivity index (χ1) is 33.2. The van der Waals surface area contributed by atoms with Gasteiger partial charge in [-0.15, -0.1) is 0 Å². The Morgan fingerprint density at radius 2 is 0.448 bits per heavy atom. The minimum atomic E-state index is 1.10. The van der Waals surface area contributed by atoms with Crippen LogP contribution in [0.5, 0.6) is 0 Å². The van der Waals surface area contributed by atoms with E-state index in [1.54, 1.807) is 0 Å². The zero-order valence-electron chi connectivity index (χ0n) is 37.4. The van der Waals surface area contributed by atoms with Crippen molar-refractivity contribution < 1.29 is 0 Å². The molecular weight excluding hydrogens is 807 g/mol. The van der Waals surface area contributed by atoms with Crippen molar-refractivity contribution in [2.24, 2.45) is 0 Å². The van der Waals surface area contributed by atoms with Gasteiger partial charge in [0.1, 0.15) is 0 Å². The first kappa shape index (κ1) is 43.5. The molecular formula is C66H51N. The predicted molar refractivity (Wildman–Crippen MR) is 290 cm³/mol. The summed E-state index contributed by atoms with van der Waals surface area (Å²) < 4.78 is 0. The van der Waals surface area contributed by atoms with E-state index in [9.17, 15) is 0 Å². The molecule has 0 heterocycles. The minimum absolute atomic E-state index is 1.10. The number of rotatable bonds is 15. The van der Waals surface area contributed by atoms with Crippen molar-refractivity contribution in [2.45, 2.75) is 0 Å². The quantitative estimate of drug-likeness (QED) is 0.0733. The topological polar surface area (TPSA) is 3.24 Å². The molecule has 0 atom stereocenters. The summed E-state index contributed by atoms with van der Waals surface area (Å²) in [6, 6.07) is 87.6. The summed E-state index contributed by atoms with van der Waals surface area (Å²) in [7, 11) is 0. The average molecular weight is 858 g/mol. The molecule has 9 rings (SSSR count). The summed E-state index contributed by atoms with van der Waals surface area (Å²) >= 11 is 0. The van der Waals surface area contributed by atoms with Gasteiger partial charge in [0.2, 0.25) is 0 Å². The molecule has 320 valence electrons. The number of para-hydroxylation sites is 1. The summed E-state index contributed by atoms with van der Waals surface area (Å²) in [5.74, 6) is 0. The van der Waals surface area contributed by atoms with Crippen LogP contribution < -0.4 is 4.90 Å². The molecule has 0 saturated carbocycles. The average Bonchev–Trinajstić information content (AvgIpc) is 3.40. The van der Waals surface area contributed by atoms with Crippen LogP contribution in [0.3, 0.4) is 0 Å². The van der Waals surface area contributed by atoms with Gasteiger partial charge in [-0.3, -0.25) is 0 Å². The lowest BCUT2D eigenvalue weighted by atomic mass is 9.97. The number of allylic oxidation sites excluding steroid dienone is 4. The lowest BCUT2D eigenvalue weighted by Crippen LogP contribution is -2.09. The lowest BCUT2D eigenvalue weighted by Gasteiger charge is -2.25. The highest BCUT2D eigenvalue weighted by molar-refractivity contribution is 5.83. The Kier molecular flexibility index (Phi) is 14.4. The number of hydrogen-bond donors (Lipinski definition) is 0. The molecule has 0 aromatic heterocycles. The SMILES string of the molecule is C(=Cc1ccc(C=Cc2ccc(N(c3ccccc3)c3ccc(C=Cc4ccc(C=CC=C(c5ccccc5)c5ccccc5)cc4)cc3)cc2)cc1)C=C(c1ccccc1)c1ccccc1. The van der Waals surface area contributed by atoms with Crippen molar-refractivity contribution in [1.82, 2.24) is 0 Å². The summed E-state index contributed by atoms with van der Waals surface area (Å²) in [6.45, 7) is 0. The molecule has 9 aromatic carbocycles. The molecule has 0 aliphatic heterocycles. The second-order valence-corrected chi connectivity index (χ2v) is 16.2. The number of nitrogens with zero attached hydrogens (tertiary/aromatic N) is 1. The summed E-state index contributed by atoms with van der Waals surface area (Å²) in [4.78, 5) is 2.30. The van der Waals surface area contributed by atoms with Crippen molar-refractivity contribution in [2.75, 3.05) is 4.90 Å². The highest BCUT2D eigenvalue weighted by Crippen LogP contribution is 2.35. The molecule has 67 heavy (non-hydrogen) atoms. The maximum Gasteiger partial charge on any atom is 0.0462 e. The molecule has 0 radical (unpaired) electrons. The Balaban J connectivity index is 0.839. The Hall–Kier alpha value is -8.78. The molecule has 1 nitrogen and oxygen atoms in total. The molecule has 0 unspecified atom stereocenters. The molecule has 0 saturated heterocycles. The molecule has 0 bridgehead atoms. The number of anilines is 3. The highest BCUT2D eigenvalue weighted by Gasteiger charge is 2.12. The highest BCUT2D eigenvalue weighted by atomic mass is 15.1. The van der Waals surface area contributed by atoms with Crippen LogP contribution in [0.2, 0.25) is 0 Å². The van der Waals surface area contributed by atoms with Gasteiger partial charge in [0.25, 0.3) is 0 Å². The monoisotopic (exact) mass is 857 g/mol. The summed E-state index contributed by atoms with van der Waals surface area (Å²) in [5, 5.41) is 0. The van der Waals surface area contributed by atoms with Crippen LogP contribution in [-0.4, -0.2) is 0 Å². The molecule has 9 aromatic rings. The second-order valence-electron chi connectivity index (χ2n) is 16.2. The zero-order chi connectivity index (χ0) is 45.3. The zero-order valence-corrected chi connectivity index (χ0v) is 37.4. The molecule has 1 heteroatoms. The second kappa shape index (κ2) is 22.2. The fourth-order valence-corrected chi connectivity index (χ4v) is 8.01. The fraction of sp³-hybridized carbons (Fsp3) is 0. The summed E-state index contributed by atoms with van der Waals surface area (Å²) in [6.07, 6.45) is 21.7. The normalized spacial score (nSPS) is 11.3. The van der Waals surface area contributed by atoms with Crippen LogP contribution in [0.4, 0.5) is 17.1 Å². The van der Waals surface area contributed by atoms with Gasteiger partial charge in [-0.2, -0.15) is 0 Å². The van der Waals surface area contributed by atoms with E-state index in [1.807, 2.05) is 0 Å². The van der Waals surface area contributed by atoms with E-state index in [0.29, 0.717) is 0 Å². The van der Waals surface area contributed by atoms with E-state index >= 15 is 0 Å². The molecule has 0 N–H and O–H groups in total. The third kappa shape index (κ3) is 11.9. The van der Waals surface area contributed by atoms with Gasteiger partial charge < -0.3 is 4.90 Å². The van der Waals surface area contributed by atoms with Gasteiger partial charge in [-0.25, -0.2) is 0 Å². The van der Waals surface area contributed by atoms with E-state index < -0.39 is 0 Å². The maximum atomic E-state index is 2.30. The Morgan fingerprint density at radius 1 is 0.224 bits per heavy atom. The minimum Gasteiger partial charge on any atom is -0.311 e. The third-order valence-electron chi connectivity index (χ3n) is 11.6. The smallest absolute Gasteiger partial charge is 0.0462 e.